The first-order chi connectivity index (χ1) is 11.5. The number of carbonyl (C=O) groups is 2. The molecule has 0 spiro atoms. The van der Waals surface area contributed by atoms with Gasteiger partial charge in [-0.3, -0.25) is 4.79 Å². The Morgan fingerprint density at radius 1 is 0.885 bits per heavy atom. The largest absolute Gasteiger partial charge is 0.463 e. The van der Waals surface area contributed by atoms with E-state index in [-0.39, 0.29) is 0 Å². The van der Waals surface area contributed by atoms with E-state index in [0.717, 1.165) is 0 Å². The summed E-state index contributed by atoms with van der Waals surface area (Å²) in [5.41, 5.74) is 0. The number of hydrogen-bond donors (Lipinski definition) is 0. The van der Waals surface area contributed by atoms with Gasteiger partial charge in [-0.15, -0.1) is 0 Å². The maximum atomic E-state index is 13.1. The minimum atomic E-state index is -7.00. The molecule has 0 aliphatic heterocycles. The highest BCUT2D eigenvalue weighted by Gasteiger charge is 2.81. The molecule has 0 aromatic heterocycles. The second kappa shape index (κ2) is 8.33. The molecule has 154 valence electrons. The number of carbonyl (C=O) groups excluding carboxylic acids is 2. The molecule has 0 saturated carbocycles. The Hall–Kier alpha value is -1.69. The second-order valence-corrected chi connectivity index (χ2v) is 5.24. The van der Waals surface area contributed by atoms with E-state index in [4.69, 9.17) is 0 Å². The van der Waals surface area contributed by atoms with Crippen LogP contribution in [0.1, 0.15) is 26.7 Å². The number of ether oxygens (including phenoxy) is 2. The third-order valence-corrected chi connectivity index (χ3v) is 3.24. The molecule has 0 radical (unpaired) electrons. The minimum Gasteiger partial charge on any atom is -0.463 e. The fourth-order valence-electron chi connectivity index (χ4n) is 1.34. The van der Waals surface area contributed by atoms with Crippen molar-refractivity contribution in [2.24, 2.45) is 5.92 Å². The predicted octanol–water partition coefficient (Wildman–Crippen LogP) is 3.98. The highest BCUT2D eigenvalue weighted by molar-refractivity contribution is 5.77. The molecule has 0 saturated heterocycles. The van der Waals surface area contributed by atoms with E-state index in [0.29, 0.717) is 6.42 Å². The standard InChI is InChI=1S/C13H15F9O4/c1-3-7(2)9(24)26-6-8(23)25-5-4-10(14,15)11(16,17)12(18,19)13(20,21)22/h7H,3-6H2,1-2H3. The number of alkyl halides is 9. The predicted molar refractivity (Wildman–Crippen MR) is 66.9 cm³/mol. The molecule has 0 aliphatic carbocycles. The van der Waals surface area contributed by atoms with Crippen molar-refractivity contribution in [2.45, 2.75) is 50.6 Å². The van der Waals surface area contributed by atoms with Gasteiger partial charge < -0.3 is 9.47 Å². The third-order valence-electron chi connectivity index (χ3n) is 3.24. The Morgan fingerprint density at radius 3 is 1.81 bits per heavy atom. The summed E-state index contributed by atoms with van der Waals surface area (Å²) >= 11 is 0. The highest BCUT2D eigenvalue weighted by atomic mass is 19.4. The molecule has 1 atom stereocenters. The van der Waals surface area contributed by atoms with Crippen LogP contribution in [0, 0.1) is 5.92 Å². The van der Waals surface area contributed by atoms with Gasteiger partial charge in [-0.1, -0.05) is 13.8 Å². The molecule has 0 aromatic carbocycles. The first kappa shape index (κ1) is 24.3. The summed E-state index contributed by atoms with van der Waals surface area (Å²) in [6, 6.07) is 0. The Balaban J connectivity index is 4.70. The number of esters is 2. The fourth-order valence-corrected chi connectivity index (χ4v) is 1.34. The van der Waals surface area contributed by atoms with Gasteiger partial charge in [-0.25, -0.2) is 4.79 Å². The van der Waals surface area contributed by atoms with Crippen LogP contribution in [0.15, 0.2) is 0 Å². The van der Waals surface area contributed by atoms with Gasteiger partial charge in [-0.2, -0.15) is 39.5 Å². The summed E-state index contributed by atoms with van der Waals surface area (Å²) in [6.45, 7) is 0.389. The smallest absolute Gasteiger partial charge is 0.460 e. The van der Waals surface area contributed by atoms with Gasteiger partial charge in [0.05, 0.1) is 18.9 Å². The van der Waals surface area contributed by atoms with Gasteiger partial charge >= 0.3 is 35.9 Å². The van der Waals surface area contributed by atoms with Crippen LogP contribution in [-0.4, -0.2) is 49.1 Å². The highest BCUT2D eigenvalue weighted by Crippen LogP contribution is 2.53. The molecule has 0 bridgehead atoms. The topological polar surface area (TPSA) is 52.6 Å². The number of hydrogen-bond acceptors (Lipinski definition) is 4. The lowest BCUT2D eigenvalue weighted by Crippen LogP contribution is -2.61. The summed E-state index contributed by atoms with van der Waals surface area (Å²) in [7, 11) is 0. The van der Waals surface area contributed by atoms with E-state index in [1.165, 1.54) is 6.92 Å². The zero-order chi connectivity index (χ0) is 21.0. The minimum absolute atomic E-state index is 0.350. The lowest BCUT2D eigenvalue weighted by Gasteiger charge is -2.33. The summed E-state index contributed by atoms with van der Waals surface area (Å²) < 4.78 is 121. The van der Waals surface area contributed by atoms with E-state index < -0.39 is 61.4 Å². The van der Waals surface area contributed by atoms with Crippen molar-refractivity contribution in [1.82, 2.24) is 0 Å². The lowest BCUT2D eigenvalue weighted by atomic mass is 10.0. The molecule has 13 heteroatoms. The van der Waals surface area contributed by atoms with Crippen molar-refractivity contribution in [2.75, 3.05) is 13.2 Å². The van der Waals surface area contributed by atoms with Crippen molar-refractivity contribution < 1.29 is 58.6 Å². The second-order valence-electron chi connectivity index (χ2n) is 5.24. The number of rotatable bonds is 9. The maximum Gasteiger partial charge on any atom is 0.460 e. The molecule has 1 unspecified atom stereocenters. The average molecular weight is 406 g/mol. The van der Waals surface area contributed by atoms with Gasteiger partial charge in [0.15, 0.2) is 6.61 Å². The van der Waals surface area contributed by atoms with E-state index in [2.05, 4.69) is 9.47 Å². The molecule has 0 aliphatic rings. The van der Waals surface area contributed by atoms with Crippen LogP contribution in [0.3, 0.4) is 0 Å². The van der Waals surface area contributed by atoms with E-state index in [1.54, 1.807) is 6.92 Å². The van der Waals surface area contributed by atoms with Crippen LogP contribution < -0.4 is 0 Å². The summed E-state index contributed by atoms with van der Waals surface area (Å²) in [6.07, 6.45) is -8.87. The van der Waals surface area contributed by atoms with Crippen molar-refractivity contribution in [3.8, 4) is 0 Å². The van der Waals surface area contributed by atoms with Gasteiger partial charge in [0, 0.05) is 0 Å². The molecule has 4 nitrogen and oxygen atoms in total. The average Bonchev–Trinajstić information content (AvgIpc) is 2.49. The monoisotopic (exact) mass is 406 g/mol. The van der Waals surface area contributed by atoms with Crippen LogP contribution in [0.4, 0.5) is 39.5 Å². The molecule has 0 aromatic rings. The van der Waals surface area contributed by atoms with Crippen molar-refractivity contribution in [3.05, 3.63) is 0 Å². The first-order valence-electron chi connectivity index (χ1n) is 7.03. The molecular weight excluding hydrogens is 391 g/mol. The van der Waals surface area contributed by atoms with Crippen LogP contribution >= 0.6 is 0 Å². The van der Waals surface area contributed by atoms with E-state index in [9.17, 15) is 49.1 Å². The first-order valence-corrected chi connectivity index (χ1v) is 7.03. The zero-order valence-corrected chi connectivity index (χ0v) is 13.4. The van der Waals surface area contributed by atoms with Gasteiger partial charge in [0.25, 0.3) is 0 Å². The van der Waals surface area contributed by atoms with Crippen molar-refractivity contribution in [1.29, 1.82) is 0 Å². The van der Waals surface area contributed by atoms with Crippen molar-refractivity contribution >= 4 is 11.9 Å². The Morgan fingerprint density at radius 2 is 1.38 bits per heavy atom. The van der Waals surface area contributed by atoms with Gasteiger partial charge in [0.1, 0.15) is 0 Å². The Kier molecular flexibility index (Phi) is 7.79. The SMILES string of the molecule is CCC(C)C(=O)OCC(=O)OCCC(F)(F)C(F)(F)C(F)(F)C(F)(F)F. The quantitative estimate of drug-likeness (QED) is 0.430. The molecule has 0 amide bonds. The molecular formula is C13H15F9O4. The molecule has 26 heavy (non-hydrogen) atoms. The van der Waals surface area contributed by atoms with Crippen LogP contribution in [-0.2, 0) is 19.1 Å². The lowest BCUT2D eigenvalue weighted by molar-refractivity contribution is -0.397. The molecule has 0 rings (SSSR count). The van der Waals surface area contributed by atoms with E-state index in [1.807, 2.05) is 0 Å². The van der Waals surface area contributed by atoms with Crippen LogP contribution in [0.2, 0.25) is 0 Å². The van der Waals surface area contributed by atoms with Crippen molar-refractivity contribution in [3.63, 3.8) is 0 Å². The van der Waals surface area contributed by atoms with E-state index >= 15 is 0 Å². The molecule has 0 fully saturated rings. The Bertz CT molecular complexity index is 502. The molecule has 0 N–H and O–H groups in total. The normalized spacial score (nSPS) is 14.7. The number of halogens is 9. The summed E-state index contributed by atoms with van der Waals surface area (Å²) in [5, 5.41) is 0. The van der Waals surface area contributed by atoms with Gasteiger partial charge in [-0.05, 0) is 6.42 Å². The zero-order valence-electron chi connectivity index (χ0n) is 13.4. The third kappa shape index (κ3) is 5.40. The summed E-state index contributed by atoms with van der Waals surface area (Å²) in [5.74, 6) is -22.5. The fraction of sp³-hybridized carbons (Fsp3) is 0.846. The summed E-state index contributed by atoms with van der Waals surface area (Å²) in [4.78, 5) is 22.3. The van der Waals surface area contributed by atoms with Gasteiger partial charge in [0.2, 0.25) is 0 Å². The van der Waals surface area contributed by atoms with Crippen LogP contribution in [0.5, 0.6) is 0 Å². The maximum absolute atomic E-state index is 13.1. The Labute approximate surface area is 141 Å². The molecule has 0 heterocycles. The van der Waals surface area contributed by atoms with Crippen LogP contribution in [0.25, 0.3) is 0 Å².